The number of hydrogen-bond acceptors (Lipinski definition) is 4. The Morgan fingerprint density at radius 3 is 2.56 bits per heavy atom. The fourth-order valence-electron chi connectivity index (χ4n) is 5.40. The molecule has 3 nitrogen and oxygen atoms in total. The van der Waals surface area contributed by atoms with Crippen LogP contribution in [-0.2, 0) is 4.79 Å². The summed E-state index contributed by atoms with van der Waals surface area (Å²) in [4.78, 5) is 13.0. The summed E-state index contributed by atoms with van der Waals surface area (Å²) >= 11 is 4.40. The van der Waals surface area contributed by atoms with Crippen LogP contribution < -0.4 is 10.1 Å². The van der Waals surface area contributed by atoms with Gasteiger partial charge < -0.3 is 10.1 Å². The van der Waals surface area contributed by atoms with Gasteiger partial charge >= 0.3 is 0 Å². The summed E-state index contributed by atoms with van der Waals surface area (Å²) in [5.41, 5.74) is 1.14. The third kappa shape index (κ3) is 2.69. The molecule has 0 radical (unpaired) electrons. The summed E-state index contributed by atoms with van der Waals surface area (Å²) in [6.07, 6.45) is 5.71. The average Bonchev–Trinajstić information content (AvgIpc) is 3.17. The summed E-state index contributed by atoms with van der Waals surface area (Å²) in [6, 6.07) is 8.24. The molecule has 5 rings (SSSR count). The molecule has 4 atom stereocenters. The summed E-state index contributed by atoms with van der Waals surface area (Å²) in [5.74, 6) is 5.49. The number of nitrogens with one attached hydrogen (secondary N) is 1. The molecule has 3 fully saturated rings. The largest absolute Gasteiger partial charge is 0.493 e. The summed E-state index contributed by atoms with van der Waals surface area (Å²) in [7, 11) is 0. The van der Waals surface area contributed by atoms with Crippen molar-refractivity contribution in [2.45, 2.75) is 42.2 Å². The van der Waals surface area contributed by atoms with Crippen LogP contribution in [0.1, 0.15) is 43.7 Å². The van der Waals surface area contributed by atoms with Crippen LogP contribution in [-0.4, -0.2) is 28.1 Å². The van der Waals surface area contributed by atoms with Crippen LogP contribution >= 0.6 is 23.5 Å². The van der Waals surface area contributed by atoms with Gasteiger partial charge in [0.15, 0.2) is 0 Å². The molecule has 4 aliphatic rings. The highest BCUT2D eigenvalue weighted by Crippen LogP contribution is 2.65. The number of para-hydroxylation sites is 1. The molecule has 1 aromatic rings. The molecule has 0 aromatic heterocycles. The van der Waals surface area contributed by atoms with Crippen molar-refractivity contribution in [2.24, 2.45) is 17.8 Å². The van der Waals surface area contributed by atoms with Gasteiger partial charge in [-0.3, -0.25) is 4.79 Å². The van der Waals surface area contributed by atoms with Crippen molar-refractivity contribution in [3.05, 3.63) is 29.8 Å². The number of rotatable bonds is 2. The SMILES string of the molecule is O=C(N[C@H]1CCOc2ccccc21)C1C[C@H]2CC[C@@H](C1)C21SCCS1. The molecule has 5 heteroatoms. The average molecular weight is 376 g/mol. The highest BCUT2D eigenvalue weighted by Gasteiger charge is 2.57. The standard InChI is InChI=1S/C20H25NO2S2/c22-19(21-17-7-8-23-18-4-2-1-3-16(17)18)13-11-14-5-6-15(12-13)20(14)24-9-10-25-20/h1-4,13-15,17H,5-12H2,(H,21,22)/t13?,14-,15+,17-/m0/s1. The highest BCUT2D eigenvalue weighted by molar-refractivity contribution is 8.21. The van der Waals surface area contributed by atoms with Crippen molar-refractivity contribution < 1.29 is 9.53 Å². The van der Waals surface area contributed by atoms with Crippen molar-refractivity contribution in [3.63, 3.8) is 0 Å². The molecule has 2 aliphatic heterocycles. The summed E-state index contributed by atoms with van der Waals surface area (Å²) in [6.45, 7) is 0.689. The van der Waals surface area contributed by atoms with Gasteiger partial charge in [-0.25, -0.2) is 0 Å². The maximum absolute atomic E-state index is 13.0. The number of benzene rings is 1. The molecule has 2 heterocycles. The second kappa shape index (κ2) is 6.41. The molecule has 1 unspecified atom stereocenters. The van der Waals surface area contributed by atoms with E-state index in [0.717, 1.165) is 42.4 Å². The number of carbonyl (C=O) groups is 1. The van der Waals surface area contributed by atoms with E-state index in [9.17, 15) is 4.79 Å². The van der Waals surface area contributed by atoms with E-state index in [1.165, 1.54) is 24.3 Å². The lowest BCUT2D eigenvalue weighted by atomic mass is 9.79. The van der Waals surface area contributed by atoms with Crippen LogP contribution in [0.3, 0.4) is 0 Å². The van der Waals surface area contributed by atoms with E-state index in [2.05, 4.69) is 34.9 Å². The van der Waals surface area contributed by atoms with Gasteiger partial charge in [-0.05, 0) is 43.6 Å². The first-order valence-corrected chi connectivity index (χ1v) is 11.5. The topological polar surface area (TPSA) is 38.3 Å². The van der Waals surface area contributed by atoms with Crippen molar-refractivity contribution in [1.29, 1.82) is 0 Å². The molecular weight excluding hydrogens is 350 g/mol. The Bertz CT molecular complexity index is 657. The zero-order chi connectivity index (χ0) is 16.9. The second-order valence-electron chi connectivity index (χ2n) is 7.79. The molecule has 134 valence electrons. The molecule has 2 bridgehead atoms. The van der Waals surface area contributed by atoms with Crippen LogP contribution in [0.2, 0.25) is 0 Å². The lowest BCUT2D eigenvalue weighted by molar-refractivity contribution is -0.127. The Morgan fingerprint density at radius 1 is 1.08 bits per heavy atom. The third-order valence-corrected chi connectivity index (χ3v) is 10.5. The Balaban J connectivity index is 1.29. The minimum Gasteiger partial charge on any atom is -0.493 e. The highest BCUT2D eigenvalue weighted by atomic mass is 32.2. The first kappa shape index (κ1) is 16.4. The predicted molar refractivity (Wildman–Crippen MR) is 104 cm³/mol. The molecule has 2 aliphatic carbocycles. The Kier molecular flexibility index (Phi) is 4.20. The van der Waals surface area contributed by atoms with E-state index in [-0.39, 0.29) is 17.9 Å². The molecule has 1 N–H and O–H groups in total. The fourth-order valence-corrected chi connectivity index (χ4v) is 9.33. The summed E-state index contributed by atoms with van der Waals surface area (Å²) in [5, 5.41) is 3.36. The number of hydrogen-bond donors (Lipinski definition) is 1. The molecule has 1 amide bonds. The third-order valence-electron chi connectivity index (χ3n) is 6.52. The minimum absolute atomic E-state index is 0.112. The van der Waals surface area contributed by atoms with Gasteiger partial charge in [0.2, 0.25) is 5.91 Å². The quantitative estimate of drug-likeness (QED) is 0.839. The van der Waals surface area contributed by atoms with E-state index in [1.807, 2.05) is 18.2 Å². The first-order chi connectivity index (χ1) is 12.3. The zero-order valence-electron chi connectivity index (χ0n) is 14.4. The predicted octanol–water partition coefficient (Wildman–Crippen LogP) is 4.24. The molecule has 2 saturated carbocycles. The van der Waals surface area contributed by atoms with E-state index in [0.29, 0.717) is 10.7 Å². The Morgan fingerprint density at radius 2 is 1.80 bits per heavy atom. The van der Waals surface area contributed by atoms with Crippen molar-refractivity contribution in [3.8, 4) is 5.75 Å². The maximum atomic E-state index is 13.0. The zero-order valence-corrected chi connectivity index (χ0v) is 16.0. The van der Waals surface area contributed by atoms with Crippen LogP contribution in [0.25, 0.3) is 0 Å². The van der Waals surface area contributed by atoms with Gasteiger partial charge in [0.1, 0.15) is 5.75 Å². The minimum atomic E-state index is 0.112. The van der Waals surface area contributed by atoms with Crippen LogP contribution in [0, 0.1) is 17.8 Å². The smallest absolute Gasteiger partial charge is 0.223 e. The number of carbonyl (C=O) groups excluding carboxylic acids is 1. The fraction of sp³-hybridized carbons (Fsp3) is 0.650. The Labute approximate surface area is 158 Å². The van der Waals surface area contributed by atoms with Gasteiger partial charge in [-0.2, -0.15) is 0 Å². The van der Waals surface area contributed by atoms with E-state index >= 15 is 0 Å². The van der Waals surface area contributed by atoms with Gasteiger partial charge in [-0.15, -0.1) is 23.5 Å². The number of thioether (sulfide) groups is 2. The van der Waals surface area contributed by atoms with E-state index in [1.54, 1.807) is 0 Å². The molecular formula is C20H25NO2S2. The van der Waals surface area contributed by atoms with Crippen molar-refractivity contribution in [1.82, 2.24) is 5.32 Å². The molecule has 1 aromatic carbocycles. The van der Waals surface area contributed by atoms with E-state index in [4.69, 9.17) is 4.74 Å². The number of amides is 1. The summed E-state index contributed by atoms with van der Waals surface area (Å²) < 4.78 is 6.19. The molecule has 25 heavy (non-hydrogen) atoms. The lowest BCUT2D eigenvalue weighted by Gasteiger charge is -2.42. The molecule has 1 spiro atoms. The Hall–Kier alpha value is -0.810. The van der Waals surface area contributed by atoms with Gasteiger partial charge in [0.25, 0.3) is 0 Å². The maximum Gasteiger partial charge on any atom is 0.223 e. The number of fused-ring (bicyclic) bond motifs is 1. The first-order valence-electron chi connectivity index (χ1n) is 9.56. The van der Waals surface area contributed by atoms with Gasteiger partial charge in [0, 0.05) is 29.4 Å². The van der Waals surface area contributed by atoms with Gasteiger partial charge in [0.05, 0.1) is 16.7 Å². The van der Waals surface area contributed by atoms with Crippen molar-refractivity contribution >= 4 is 29.4 Å². The monoisotopic (exact) mass is 375 g/mol. The van der Waals surface area contributed by atoms with Gasteiger partial charge in [-0.1, -0.05) is 18.2 Å². The van der Waals surface area contributed by atoms with Crippen molar-refractivity contribution in [2.75, 3.05) is 18.1 Å². The van der Waals surface area contributed by atoms with E-state index < -0.39 is 0 Å². The second-order valence-corrected chi connectivity index (χ2v) is 10.8. The van der Waals surface area contributed by atoms with Crippen LogP contribution in [0.5, 0.6) is 5.75 Å². The normalized spacial score (nSPS) is 35.2. The lowest BCUT2D eigenvalue weighted by Crippen LogP contribution is -2.44. The molecule has 1 saturated heterocycles. The van der Waals surface area contributed by atoms with Crippen LogP contribution in [0.4, 0.5) is 0 Å². The number of ether oxygens (including phenoxy) is 1. The van der Waals surface area contributed by atoms with Crippen LogP contribution in [0.15, 0.2) is 24.3 Å².